The van der Waals surface area contributed by atoms with Crippen molar-refractivity contribution in [2.24, 2.45) is 0 Å². The lowest BCUT2D eigenvalue weighted by Gasteiger charge is -2.07. The summed E-state index contributed by atoms with van der Waals surface area (Å²) in [4.78, 5) is 21.8. The summed E-state index contributed by atoms with van der Waals surface area (Å²) in [6, 6.07) is 3.46. The van der Waals surface area contributed by atoms with Crippen LogP contribution < -0.4 is 15.8 Å². The zero-order chi connectivity index (χ0) is 15.3. The molecule has 0 aliphatic carbocycles. The molecule has 0 heterocycles. The summed E-state index contributed by atoms with van der Waals surface area (Å²) < 4.78 is 24.4. The summed E-state index contributed by atoms with van der Waals surface area (Å²) in [5.41, 5.74) is 5.29. The fourth-order valence-corrected chi connectivity index (χ4v) is 1.93. The van der Waals surface area contributed by atoms with E-state index < -0.39 is 20.9 Å². The number of nitrogens with zero attached hydrogens (tertiary/aromatic N) is 1. The number of hydrogen-bond donors (Lipinski definition) is 3. The minimum absolute atomic E-state index is 0.0685. The summed E-state index contributed by atoms with van der Waals surface area (Å²) in [5.74, 6) is -0.970. The van der Waals surface area contributed by atoms with Gasteiger partial charge in [-0.3, -0.25) is 14.9 Å². The van der Waals surface area contributed by atoms with Gasteiger partial charge in [-0.1, -0.05) is 0 Å². The van der Waals surface area contributed by atoms with Gasteiger partial charge in [-0.15, -0.1) is 0 Å². The van der Waals surface area contributed by atoms with Gasteiger partial charge in [0.2, 0.25) is 10.0 Å². The standard InChI is InChI=1S/C10H14N4O5S/c1-12-20(18,19)5-4-13-10(15)8-6-7(14(16)17)2-3-9(8)11/h2-3,6,12H,4-5,11H2,1H3,(H,13,15). The molecule has 10 heteroatoms. The first-order valence-corrected chi connectivity index (χ1v) is 7.15. The van der Waals surface area contributed by atoms with Crippen molar-refractivity contribution in [2.75, 3.05) is 25.1 Å². The van der Waals surface area contributed by atoms with E-state index in [1.54, 1.807) is 0 Å². The monoisotopic (exact) mass is 302 g/mol. The minimum Gasteiger partial charge on any atom is -0.398 e. The molecular formula is C10H14N4O5S. The van der Waals surface area contributed by atoms with E-state index >= 15 is 0 Å². The average Bonchev–Trinajstić information content (AvgIpc) is 2.38. The first kappa shape index (κ1) is 15.9. The van der Waals surface area contributed by atoms with Gasteiger partial charge in [-0.2, -0.15) is 0 Å². The van der Waals surface area contributed by atoms with Crippen LogP contribution in [0.5, 0.6) is 0 Å². The topological polar surface area (TPSA) is 144 Å². The number of carbonyl (C=O) groups is 1. The van der Waals surface area contributed by atoms with Crippen LogP contribution in [0.25, 0.3) is 0 Å². The molecule has 0 bridgehead atoms. The molecule has 110 valence electrons. The number of benzene rings is 1. The highest BCUT2D eigenvalue weighted by molar-refractivity contribution is 7.89. The van der Waals surface area contributed by atoms with Crippen LogP contribution in [0.3, 0.4) is 0 Å². The number of nitro benzene ring substituents is 1. The van der Waals surface area contributed by atoms with Crippen molar-refractivity contribution in [1.82, 2.24) is 10.0 Å². The van der Waals surface area contributed by atoms with Crippen LogP contribution in [-0.4, -0.2) is 38.6 Å². The first-order valence-electron chi connectivity index (χ1n) is 5.50. The third-order valence-electron chi connectivity index (χ3n) is 2.46. The van der Waals surface area contributed by atoms with Gasteiger partial charge < -0.3 is 11.1 Å². The lowest BCUT2D eigenvalue weighted by molar-refractivity contribution is -0.384. The van der Waals surface area contributed by atoms with Crippen molar-refractivity contribution in [1.29, 1.82) is 0 Å². The Morgan fingerprint density at radius 3 is 2.65 bits per heavy atom. The number of non-ortho nitro benzene ring substituents is 1. The number of nitrogens with two attached hydrogens (primary N) is 1. The molecule has 0 saturated heterocycles. The number of nitro groups is 1. The van der Waals surface area contributed by atoms with E-state index in [1.165, 1.54) is 19.2 Å². The molecule has 9 nitrogen and oxygen atoms in total. The van der Waals surface area contributed by atoms with E-state index in [1.807, 2.05) is 0 Å². The van der Waals surface area contributed by atoms with Gasteiger partial charge in [0.25, 0.3) is 11.6 Å². The van der Waals surface area contributed by atoms with E-state index in [9.17, 15) is 23.3 Å². The molecule has 0 aromatic heterocycles. The van der Waals surface area contributed by atoms with Crippen LogP contribution >= 0.6 is 0 Å². The van der Waals surface area contributed by atoms with Crippen molar-refractivity contribution >= 4 is 27.3 Å². The Balaban J connectivity index is 2.78. The van der Waals surface area contributed by atoms with E-state index in [4.69, 9.17) is 5.73 Å². The van der Waals surface area contributed by atoms with Gasteiger partial charge in [-0.25, -0.2) is 13.1 Å². The molecule has 0 atom stereocenters. The number of anilines is 1. The molecule has 1 aromatic carbocycles. The van der Waals surface area contributed by atoms with Crippen LogP contribution in [0.4, 0.5) is 11.4 Å². The number of rotatable bonds is 6. The summed E-state index contributed by atoms with van der Waals surface area (Å²) in [7, 11) is -2.17. The zero-order valence-electron chi connectivity index (χ0n) is 10.6. The van der Waals surface area contributed by atoms with E-state index in [-0.39, 0.29) is 29.2 Å². The number of sulfonamides is 1. The fraction of sp³-hybridized carbons (Fsp3) is 0.300. The van der Waals surface area contributed by atoms with Gasteiger partial charge in [0.15, 0.2) is 0 Å². The van der Waals surface area contributed by atoms with Crippen LogP contribution in [0.2, 0.25) is 0 Å². The molecule has 0 unspecified atom stereocenters. The molecule has 1 rings (SSSR count). The third kappa shape index (κ3) is 4.17. The lowest BCUT2D eigenvalue weighted by Crippen LogP contribution is -2.33. The van der Waals surface area contributed by atoms with E-state index in [2.05, 4.69) is 10.0 Å². The molecular weight excluding hydrogens is 288 g/mol. The number of hydrogen-bond acceptors (Lipinski definition) is 6. The molecule has 1 aromatic rings. The Kier molecular flexibility index (Phi) is 5.00. The quantitative estimate of drug-likeness (QED) is 0.365. The summed E-state index contributed by atoms with van der Waals surface area (Å²) in [5, 5.41) is 13.0. The van der Waals surface area contributed by atoms with Crippen molar-refractivity contribution in [2.45, 2.75) is 0 Å². The van der Waals surface area contributed by atoms with Crippen molar-refractivity contribution < 1.29 is 18.1 Å². The average molecular weight is 302 g/mol. The second kappa shape index (κ2) is 6.30. The van der Waals surface area contributed by atoms with Crippen LogP contribution in [0, 0.1) is 10.1 Å². The number of carbonyl (C=O) groups excluding carboxylic acids is 1. The SMILES string of the molecule is CNS(=O)(=O)CCNC(=O)c1cc([N+](=O)[O-])ccc1N. The summed E-state index contributed by atoms with van der Waals surface area (Å²) >= 11 is 0. The molecule has 0 fully saturated rings. The summed E-state index contributed by atoms with van der Waals surface area (Å²) in [6.07, 6.45) is 0. The predicted octanol–water partition coefficient (Wildman–Crippen LogP) is -0.544. The van der Waals surface area contributed by atoms with Gasteiger partial charge in [0.1, 0.15) is 0 Å². The van der Waals surface area contributed by atoms with Crippen molar-refractivity contribution in [3.05, 3.63) is 33.9 Å². The summed E-state index contributed by atoms with van der Waals surface area (Å²) in [6.45, 7) is -0.135. The van der Waals surface area contributed by atoms with E-state index in [0.29, 0.717) is 0 Å². The van der Waals surface area contributed by atoms with Crippen LogP contribution in [0.1, 0.15) is 10.4 Å². The Labute approximate surface area is 115 Å². The normalized spacial score (nSPS) is 11.1. The maximum Gasteiger partial charge on any atom is 0.270 e. The zero-order valence-corrected chi connectivity index (χ0v) is 11.4. The molecule has 20 heavy (non-hydrogen) atoms. The minimum atomic E-state index is -3.43. The highest BCUT2D eigenvalue weighted by Crippen LogP contribution is 2.19. The van der Waals surface area contributed by atoms with E-state index in [0.717, 1.165) is 6.07 Å². The molecule has 0 aliphatic heterocycles. The van der Waals surface area contributed by atoms with Gasteiger partial charge in [0, 0.05) is 24.4 Å². The van der Waals surface area contributed by atoms with Gasteiger partial charge in [0.05, 0.1) is 16.2 Å². The largest absolute Gasteiger partial charge is 0.398 e. The molecule has 0 radical (unpaired) electrons. The second-order valence-corrected chi connectivity index (χ2v) is 5.85. The number of nitrogen functional groups attached to an aromatic ring is 1. The third-order valence-corrected chi connectivity index (χ3v) is 3.82. The van der Waals surface area contributed by atoms with Gasteiger partial charge >= 0.3 is 0 Å². The first-order chi connectivity index (χ1) is 9.26. The maximum atomic E-state index is 11.8. The fourth-order valence-electron chi connectivity index (χ4n) is 1.35. The molecule has 1 amide bonds. The molecule has 0 saturated carbocycles. The maximum absolute atomic E-state index is 11.8. The van der Waals surface area contributed by atoms with Crippen LogP contribution in [0.15, 0.2) is 18.2 Å². The lowest BCUT2D eigenvalue weighted by atomic mass is 10.1. The number of nitrogens with one attached hydrogen (secondary N) is 2. The Morgan fingerprint density at radius 1 is 1.45 bits per heavy atom. The highest BCUT2D eigenvalue weighted by Gasteiger charge is 2.16. The predicted molar refractivity (Wildman–Crippen MR) is 72.7 cm³/mol. The smallest absolute Gasteiger partial charge is 0.270 e. The highest BCUT2D eigenvalue weighted by atomic mass is 32.2. The Bertz CT molecular complexity index is 629. The van der Waals surface area contributed by atoms with Gasteiger partial charge in [-0.05, 0) is 13.1 Å². The van der Waals surface area contributed by atoms with Crippen LogP contribution in [-0.2, 0) is 10.0 Å². The number of amides is 1. The Morgan fingerprint density at radius 2 is 2.10 bits per heavy atom. The van der Waals surface area contributed by atoms with Crippen molar-refractivity contribution in [3.63, 3.8) is 0 Å². The second-order valence-electron chi connectivity index (χ2n) is 3.81. The molecule has 0 spiro atoms. The molecule has 0 aliphatic rings. The molecule has 4 N–H and O–H groups in total. The Hall–Kier alpha value is -2.20. The van der Waals surface area contributed by atoms with Crippen molar-refractivity contribution in [3.8, 4) is 0 Å².